The summed E-state index contributed by atoms with van der Waals surface area (Å²) in [6.07, 6.45) is 10.1. The maximum Gasteiger partial charge on any atom is 0.0985 e. The van der Waals surface area contributed by atoms with Gasteiger partial charge in [-0.2, -0.15) is 0 Å². The molecule has 0 saturated heterocycles. The van der Waals surface area contributed by atoms with E-state index in [0.717, 1.165) is 31.6 Å². The number of fused-ring (bicyclic) bond motifs is 5. The normalized spacial score (nSPS) is 50.1. The molecule has 4 saturated carbocycles. The first kappa shape index (κ1) is 24.7. The van der Waals surface area contributed by atoms with Crippen molar-refractivity contribution >= 4 is 0 Å². The molecule has 0 bridgehead atoms. The Kier molecular flexibility index (Phi) is 6.71. The van der Waals surface area contributed by atoms with Crippen LogP contribution in [0.3, 0.4) is 0 Å². The highest BCUT2D eigenvalue weighted by atomic mass is 16.3. The molecule has 0 aromatic carbocycles. The van der Waals surface area contributed by atoms with Gasteiger partial charge in [-0.25, -0.2) is 0 Å². The lowest BCUT2D eigenvalue weighted by atomic mass is 9.42. The first-order chi connectivity index (χ1) is 15.0. The molecule has 4 fully saturated rings. The van der Waals surface area contributed by atoms with Crippen molar-refractivity contribution in [1.82, 2.24) is 0 Å². The summed E-state index contributed by atoms with van der Waals surface area (Å²) in [5.74, 6) is 3.75. The highest BCUT2D eigenvalue weighted by Gasteiger charge is 2.67. The van der Waals surface area contributed by atoms with Crippen LogP contribution in [-0.2, 0) is 0 Å². The molecule has 3 N–H and O–H groups in total. The van der Waals surface area contributed by atoms with Gasteiger partial charge in [0.05, 0.1) is 17.8 Å². The number of aliphatic hydroxyl groups is 3. The van der Waals surface area contributed by atoms with E-state index in [9.17, 15) is 15.3 Å². The summed E-state index contributed by atoms with van der Waals surface area (Å²) < 4.78 is 0. The molecule has 0 aromatic heterocycles. The molecule has 4 aliphatic rings. The number of hydrogen-bond donors (Lipinski definition) is 3. The zero-order valence-corrected chi connectivity index (χ0v) is 21.4. The highest BCUT2D eigenvalue weighted by molar-refractivity contribution is 5.17. The number of aliphatic hydroxyl groups excluding tert-OH is 2. The van der Waals surface area contributed by atoms with E-state index < -0.39 is 17.8 Å². The van der Waals surface area contributed by atoms with Crippen molar-refractivity contribution in [1.29, 1.82) is 0 Å². The first-order valence-corrected chi connectivity index (χ1v) is 13.7. The SMILES string of the molecule is C=C(CC[C@@H](C)[C@H]1CC[C@H]2[C@@H]3C[C@@H](O)[C@@]4(O)C[C@@H](O)CC[C@]4(C)[C@H]3CC[C@]12C)C(C)CC. The molecule has 0 radical (unpaired) electrons. The zero-order valence-electron chi connectivity index (χ0n) is 21.4. The summed E-state index contributed by atoms with van der Waals surface area (Å²) >= 11 is 0. The molecule has 0 aliphatic heterocycles. The Balaban J connectivity index is 1.51. The third-order valence-corrected chi connectivity index (χ3v) is 11.8. The lowest BCUT2D eigenvalue weighted by Crippen LogP contribution is -2.68. The van der Waals surface area contributed by atoms with E-state index in [0.29, 0.717) is 41.4 Å². The van der Waals surface area contributed by atoms with Crippen molar-refractivity contribution in [2.75, 3.05) is 0 Å². The van der Waals surface area contributed by atoms with Gasteiger partial charge in [-0.15, -0.1) is 0 Å². The Morgan fingerprint density at radius 1 is 1.03 bits per heavy atom. The van der Waals surface area contributed by atoms with Crippen LogP contribution in [-0.4, -0.2) is 33.1 Å². The van der Waals surface area contributed by atoms with E-state index >= 15 is 0 Å². The number of allylic oxidation sites excluding steroid dienone is 1. The van der Waals surface area contributed by atoms with Gasteiger partial charge in [-0.1, -0.05) is 46.8 Å². The molecule has 4 aliphatic carbocycles. The average Bonchev–Trinajstić information content (AvgIpc) is 3.11. The smallest absolute Gasteiger partial charge is 0.0985 e. The van der Waals surface area contributed by atoms with Crippen LogP contribution in [0.15, 0.2) is 12.2 Å². The Morgan fingerprint density at radius 2 is 1.75 bits per heavy atom. The zero-order chi connectivity index (χ0) is 23.5. The van der Waals surface area contributed by atoms with Crippen LogP contribution in [0, 0.1) is 46.3 Å². The maximum atomic E-state index is 11.6. The lowest BCUT2D eigenvalue weighted by Gasteiger charge is -2.65. The standard InChI is InChI=1S/C29H50O3/c1-7-18(2)19(3)8-9-20(4)23-10-11-24-22-16-26(31)29(32)17-21(30)12-15-28(29,6)25(22)13-14-27(23,24)5/h18,20-26,30-32H,3,7-17H2,1-2,4-6H3/t18?,20-,21+,22+,23-,24+,25+,26-,27-,28-,29+/m1/s1. The topological polar surface area (TPSA) is 60.7 Å². The van der Waals surface area contributed by atoms with E-state index in [4.69, 9.17) is 0 Å². The van der Waals surface area contributed by atoms with Crippen LogP contribution in [0.2, 0.25) is 0 Å². The first-order valence-electron chi connectivity index (χ1n) is 13.7. The summed E-state index contributed by atoms with van der Waals surface area (Å²) in [7, 11) is 0. The second-order valence-corrected chi connectivity index (χ2v) is 13.1. The Bertz CT molecular complexity index is 705. The fourth-order valence-corrected chi connectivity index (χ4v) is 9.39. The van der Waals surface area contributed by atoms with Crippen LogP contribution in [0.25, 0.3) is 0 Å². The van der Waals surface area contributed by atoms with E-state index in [-0.39, 0.29) is 5.41 Å². The van der Waals surface area contributed by atoms with Crippen molar-refractivity contribution in [2.45, 2.75) is 123 Å². The molecule has 1 unspecified atom stereocenters. The quantitative estimate of drug-likeness (QED) is 0.431. The second kappa shape index (κ2) is 8.68. The van der Waals surface area contributed by atoms with Crippen LogP contribution in [0.1, 0.15) is 105 Å². The van der Waals surface area contributed by atoms with Crippen molar-refractivity contribution in [2.24, 2.45) is 46.3 Å². The Labute approximate surface area is 197 Å². The van der Waals surface area contributed by atoms with Gasteiger partial charge in [0.2, 0.25) is 0 Å². The van der Waals surface area contributed by atoms with Gasteiger partial charge in [0, 0.05) is 11.8 Å². The predicted octanol–water partition coefficient (Wildman–Crippen LogP) is 6.11. The fourth-order valence-electron chi connectivity index (χ4n) is 9.39. The predicted molar refractivity (Wildman–Crippen MR) is 131 cm³/mol. The third-order valence-electron chi connectivity index (χ3n) is 11.8. The molecule has 3 heteroatoms. The molecular formula is C29H50O3. The molecule has 0 amide bonds. The molecule has 3 nitrogen and oxygen atoms in total. The van der Waals surface area contributed by atoms with Gasteiger partial charge in [-0.3, -0.25) is 0 Å². The highest BCUT2D eigenvalue weighted by Crippen LogP contribution is 2.69. The summed E-state index contributed by atoms with van der Waals surface area (Å²) in [4.78, 5) is 0. The number of rotatable bonds is 6. The van der Waals surface area contributed by atoms with Crippen LogP contribution >= 0.6 is 0 Å². The van der Waals surface area contributed by atoms with Gasteiger partial charge in [0.15, 0.2) is 0 Å². The molecule has 11 atom stereocenters. The molecule has 4 rings (SSSR count). The maximum absolute atomic E-state index is 11.6. The average molecular weight is 447 g/mol. The summed E-state index contributed by atoms with van der Waals surface area (Å²) in [6.45, 7) is 16.2. The minimum atomic E-state index is -1.12. The minimum absolute atomic E-state index is 0.270. The third kappa shape index (κ3) is 3.64. The molecular weight excluding hydrogens is 396 g/mol. The van der Waals surface area contributed by atoms with Gasteiger partial charge in [0.25, 0.3) is 0 Å². The van der Waals surface area contributed by atoms with Gasteiger partial charge >= 0.3 is 0 Å². The Hall–Kier alpha value is -0.380. The molecule has 32 heavy (non-hydrogen) atoms. The van der Waals surface area contributed by atoms with E-state index in [1.807, 2.05) is 0 Å². The Morgan fingerprint density at radius 3 is 2.44 bits per heavy atom. The van der Waals surface area contributed by atoms with Gasteiger partial charge in [-0.05, 0) is 105 Å². The number of hydrogen-bond acceptors (Lipinski definition) is 3. The summed E-state index contributed by atoms with van der Waals surface area (Å²) in [5, 5.41) is 33.1. The van der Waals surface area contributed by atoms with Crippen molar-refractivity contribution in [3.63, 3.8) is 0 Å². The monoisotopic (exact) mass is 446 g/mol. The molecule has 184 valence electrons. The summed E-state index contributed by atoms with van der Waals surface area (Å²) in [5.41, 5.74) is 0.386. The largest absolute Gasteiger partial charge is 0.393 e. The van der Waals surface area contributed by atoms with E-state index in [1.54, 1.807) is 0 Å². The second-order valence-electron chi connectivity index (χ2n) is 13.1. The van der Waals surface area contributed by atoms with Crippen LogP contribution in [0.5, 0.6) is 0 Å². The van der Waals surface area contributed by atoms with Crippen LogP contribution in [0.4, 0.5) is 0 Å². The van der Waals surface area contributed by atoms with Crippen molar-refractivity contribution in [3.8, 4) is 0 Å². The fraction of sp³-hybridized carbons (Fsp3) is 0.931. The molecule has 0 spiro atoms. The minimum Gasteiger partial charge on any atom is -0.393 e. The summed E-state index contributed by atoms with van der Waals surface area (Å²) in [6, 6.07) is 0. The van der Waals surface area contributed by atoms with Crippen molar-refractivity contribution in [3.05, 3.63) is 12.2 Å². The van der Waals surface area contributed by atoms with Crippen LogP contribution < -0.4 is 0 Å². The van der Waals surface area contributed by atoms with Crippen molar-refractivity contribution < 1.29 is 15.3 Å². The van der Waals surface area contributed by atoms with E-state index in [2.05, 4.69) is 41.2 Å². The van der Waals surface area contributed by atoms with E-state index in [1.165, 1.54) is 44.1 Å². The van der Waals surface area contributed by atoms with Gasteiger partial charge in [0.1, 0.15) is 0 Å². The lowest BCUT2D eigenvalue weighted by molar-refractivity contribution is -0.264. The van der Waals surface area contributed by atoms with Gasteiger partial charge < -0.3 is 15.3 Å². The molecule has 0 aromatic rings. The molecule has 0 heterocycles.